The van der Waals surface area contributed by atoms with Crippen LogP contribution in [0.15, 0.2) is 30.9 Å². The van der Waals surface area contributed by atoms with Crippen molar-refractivity contribution in [1.82, 2.24) is 15.3 Å². The zero-order chi connectivity index (χ0) is 17.8. The molecule has 1 amide bonds. The van der Waals surface area contributed by atoms with Gasteiger partial charge in [0.2, 0.25) is 11.9 Å². The average molecular weight is 340 g/mol. The second-order valence-electron chi connectivity index (χ2n) is 6.11. The minimum absolute atomic E-state index is 0.00504. The van der Waals surface area contributed by atoms with Gasteiger partial charge in [-0.3, -0.25) is 4.79 Å². The minimum atomic E-state index is -0.223. The summed E-state index contributed by atoms with van der Waals surface area (Å²) < 4.78 is 5.56. The van der Waals surface area contributed by atoms with Crippen molar-refractivity contribution in [1.29, 1.82) is 0 Å². The summed E-state index contributed by atoms with van der Waals surface area (Å²) in [6.45, 7) is 9.45. The van der Waals surface area contributed by atoms with Crippen LogP contribution in [0.25, 0.3) is 10.9 Å². The second kappa shape index (κ2) is 7.51. The van der Waals surface area contributed by atoms with E-state index in [4.69, 9.17) is 9.72 Å². The van der Waals surface area contributed by atoms with Crippen LogP contribution in [0.3, 0.4) is 0 Å². The van der Waals surface area contributed by atoms with Gasteiger partial charge in [-0.25, -0.2) is 9.97 Å². The SMILES string of the molecule is C=CCNC(=O)C1CCCN1c1nc(C)c2cc(OCC)ccc2n1. The molecule has 1 aliphatic heterocycles. The Morgan fingerprint density at radius 3 is 3.08 bits per heavy atom. The summed E-state index contributed by atoms with van der Waals surface area (Å²) >= 11 is 0. The molecule has 1 unspecified atom stereocenters. The summed E-state index contributed by atoms with van der Waals surface area (Å²) in [6.07, 6.45) is 3.45. The Balaban J connectivity index is 1.91. The monoisotopic (exact) mass is 340 g/mol. The normalized spacial score (nSPS) is 16.9. The second-order valence-corrected chi connectivity index (χ2v) is 6.11. The van der Waals surface area contributed by atoms with Gasteiger partial charge in [0.25, 0.3) is 0 Å². The number of hydrogen-bond acceptors (Lipinski definition) is 5. The number of hydrogen-bond donors (Lipinski definition) is 1. The number of benzene rings is 1. The van der Waals surface area contributed by atoms with Crippen LogP contribution >= 0.6 is 0 Å². The molecule has 1 fully saturated rings. The Kier molecular flexibility index (Phi) is 5.16. The Hall–Kier alpha value is -2.63. The van der Waals surface area contributed by atoms with Gasteiger partial charge in [-0.2, -0.15) is 0 Å². The molecule has 0 bridgehead atoms. The number of ether oxygens (including phenoxy) is 1. The van der Waals surface area contributed by atoms with Crippen LogP contribution in [0.4, 0.5) is 5.95 Å². The predicted octanol–water partition coefficient (Wildman–Crippen LogP) is 2.61. The summed E-state index contributed by atoms with van der Waals surface area (Å²) in [6, 6.07) is 5.61. The standard InChI is InChI=1S/C19H24N4O2/c1-4-10-20-18(24)17-7-6-11-23(17)19-21-13(3)15-12-14(25-5-2)8-9-16(15)22-19/h4,8-9,12,17H,1,5-7,10-11H2,2-3H3,(H,20,24). The molecule has 6 nitrogen and oxygen atoms in total. The first-order valence-electron chi connectivity index (χ1n) is 8.70. The molecule has 25 heavy (non-hydrogen) atoms. The van der Waals surface area contributed by atoms with Crippen LogP contribution in [-0.2, 0) is 4.79 Å². The van der Waals surface area contributed by atoms with E-state index < -0.39 is 0 Å². The quantitative estimate of drug-likeness (QED) is 0.819. The molecule has 1 N–H and O–H groups in total. The van der Waals surface area contributed by atoms with Crippen molar-refractivity contribution < 1.29 is 9.53 Å². The van der Waals surface area contributed by atoms with Crippen molar-refractivity contribution in [2.24, 2.45) is 0 Å². The van der Waals surface area contributed by atoms with E-state index in [1.165, 1.54) is 0 Å². The third-order valence-corrected chi connectivity index (χ3v) is 4.39. The number of aryl methyl sites for hydroxylation is 1. The van der Waals surface area contributed by atoms with Crippen molar-refractivity contribution in [3.8, 4) is 5.75 Å². The van der Waals surface area contributed by atoms with Gasteiger partial charge in [-0.15, -0.1) is 6.58 Å². The fourth-order valence-corrected chi connectivity index (χ4v) is 3.20. The first-order chi connectivity index (χ1) is 12.1. The number of carbonyl (C=O) groups is 1. The van der Waals surface area contributed by atoms with Gasteiger partial charge in [-0.1, -0.05) is 6.08 Å². The number of fused-ring (bicyclic) bond motifs is 1. The number of nitrogens with one attached hydrogen (secondary N) is 1. The van der Waals surface area contributed by atoms with Crippen LogP contribution in [-0.4, -0.2) is 41.6 Å². The molecule has 0 radical (unpaired) electrons. The Bertz CT molecular complexity index is 790. The maximum Gasteiger partial charge on any atom is 0.243 e. The number of nitrogens with zero attached hydrogens (tertiary/aromatic N) is 3. The molecule has 1 saturated heterocycles. The van der Waals surface area contributed by atoms with Crippen molar-refractivity contribution in [3.63, 3.8) is 0 Å². The number of anilines is 1. The number of rotatable bonds is 6. The van der Waals surface area contributed by atoms with Crippen LogP contribution in [0.2, 0.25) is 0 Å². The summed E-state index contributed by atoms with van der Waals surface area (Å²) in [5, 5.41) is 3.85. The molecule has 1 aromatic carbocycles. The lowest BCUT2D eigenvalue weighted by atomic mass is 10.2. The van der Waals surface area contributed by atoms with E-state index >= 15 is 0 Å². The highest BCUT2D eigenvalue weighted by Gasteiger charge is 2.32. The largest absolute Gasteiger partial charge is 0.494 e. The molecule has 1 aliphatic rings. The molecular formula is C19H24N4O2. The van der Waals surface area contributed by atoms with Gasteiger partial charge in [0.15, 0.2) is 0 Å². The van der Waals surface area contributed by atoms with E-state index in [-0.39, 0.29) is 11.9 Å². The molecule has 0 aliphatic carbocycles. The van der Waals surface area contributed by atoms with Crippen molar-refractivity contribution in [3.05, 3.63) is 36.5 Å². The van der Waals surface area contributed by atoms with Crippen LogP contribution in [0, 0.1) is 6.92 Å². The highest BCUT2D eigenvalue weighted by atomic mass is 16.5. The van der Waals surface area contributed by atoms with E-state index in [2.05, 4.69) is 16.9 Å². The fraction of sp³-hybridized carbons (Fsp3) is 0.421. The number of aromatic nitrogens is 2. The molecule has 2 heterocycles. The van der Waals surface area contributed by atoms with Gasteiger partial charge < -0.3 is 15.0 Å². The summed E-state index contributed by atoms with van der Waals surface area (Å²) in [7, 11) is 0. The molecule has 0 saturated carbocycles. The first-order valence-corrected chi connectivity index (χ1v) is 8.70. The summed E-state index contributed by atoms with van der Waals surface area (Å²) in [4.78, 5) is 23.7. The Morgan fingerprint density at radius 1 is 1.48 bits per heavy atom. The van der Waals surface area contributed by atoms with E-state index in [1.54, 1.807) is 6.08 Å². The Labute approximate surface area is 147 Å². The van der Waals surface area contributed by atoms with Gasteiger partial charge >= 0.3 is 0 Å². The highest BCUT2D eigenvalue weighted by Crippen LogP contribution is 2.27. The lowest BCUT2D eigenvalue weighted by molar-refractivity contribution is -0.122. The van der Waals surface area contributed by atoms with Crippen LogP contribution in [0.1, 0.15) is 25.5 Å². The van der Waals surface area contributed by atoms with Gasteiger partial charge in [0.05, 0.1) is 17.8 Å². The predicted molar refractivity (Wildman–Crippen MR) is 99.0 cm³/mol. The molecule has 2 aromatic rings. The molecule has 132 valence electrons. The summed E-state index contributed by atoms with van der Waals surface area (Å²) in [5.74, 6) is 1.44. The van der Waals surface area contributed by atoms with Crippen molar-refractivity contribution in [2.75, 3.05) is 24.6 Å². The van der Waals surface area contributed by atoms with Gasteiger partial charge in [0, 0.05) is 18.5 Å². The van der Waals surface area contributed by atoms with Crippen molar-refractivity contribution in [2.45, 2.75) is 32.7 Å². The third-order valence-electron chi connectivity index (χ3n) is 4.39. The van der Waals surface area contributed by atoms with Crippen LogP contribution < -0.4 is 15.0 Å². The molecular weight excluding hydrogens is 316 g/mol. The maximum absolute atomic E-state index is 12.4. The van der Waals surface area contributed by atoms with E-state index in [9.17, 15) is 4.79 Å². The third kappa shape index (κ3) is 3.57. The van der Waals surface area contributed by atoms with E-state index in [0.29, 0.717) is 19.1 Å². The van der Waals surface area contributed by atoms with E-state index in [1.807, 2.05) is 36.9 Å². The zero-order valence-electron chi connectivity index (χ0n) is 14.8. The maximum atomic E-state index is 12.4. The van der Waals surface area contributed by atoms with Gasteiger partial charge in [-0.05, 0) is 44.9 Å². The van der Waals surface area contributed by atoms with Crippen molar-refractivity contribution >= 4 is 22.8 Å². The number of carbonyl (C=O) groups excluding carboxylic acids is 1. The fourth-order valence-electron chi connectivity index (χ4n) is 3.20. The molecule has 1 aromatic heterocycles. The Morgan fingerprint density at radius 2 is 2.32 bits per heavy atom. The summed E-state index contributed by atoms with van der Waals surface area (Å²) in [5.41, 5.74) is 1.75. The number of amides is 1. The molecule has 6 heteroatoms. The topological polar surface area (TPSA) is 67.4 Å². The smallest absolute Gasteiger partial charge is 0.243 e. The average Bonchev–Trinajstić information content (AvgIpc) is 3.10. The highest BCUT2D eigenvalue weighted by molar-refractivity contribution is 5.87. The lowest BCUT2D eigenvalue weighted by Gasteiger charge is -2.24. The van der Waals surface area contributed by atoms with Crippen LogP contribution in [0.5, 0.6) is 5.75 Å². The molecule has 0 spiro atoms. The minimum Gasteiger partial charge on any atom is -0.494 e. The molecule has 1 atom stereocenters. The zero-order valence-corrected chi connectivity index (χ0v) is 14.8. The van der Waals surface area contributed by atoms with Gasteiger partial charge in [0.1, 0.15) is 11.8 Å². The molecule has 3 rings (SSSR count). The van der Waals surface area contributed by atoms with E-state index in [0.717, 1.165) is 41.7 Å². The lowest BCUT2D eigenvalue weighted by Crippen LogP contribution is -2.44. The first kappa shape index (κ1) is 17.2.